The van der Waals surface area contributed by atoms with Crippen molar-refractivity contribution in [2.24, 2.45) is 5.92 Å². The lowest BCUT2D eigenvalue weighted by Crippen LogP contribution is -2.42. The number of hydrogen-bond acceptors (Lipinski definition) is 6. The molecule has 11 heteroatoms. The predicted molar refractivity (Wildman–Crippen MR) is 120 cm³/mol. The SMILES string of the molecule is CCN(C)C(=O)C(=O)NCC1CCc2nc(C(=O)NCc3ccc(F)cc3)c(O)c(=O)n2CC1. The van der Waals surface area contributed by atoms with E-state index < -0.39 is 34.8 Å². The van der Waals surface area contributed by atoms with Crippen molar-refractivity contribution in [2.45, 2.75) is 39.3 Å². The molecule has 1 aromatic carbocycles. The van der Waals surface area contributed by atoms with Gasteiger partial charge in [-0.3, -0.25) is 23.7 Å². The molecule has 1 aromatic heterocycles. The van der Waals surface area contributed by atoms with Crippen LogP contribution in [0.3, 0.4) is 0 Å². The number of carbonyl (C=O) groups excluding carboxylic acids is 3. The number of nitrogens with one attached hydrogen (secondary N) is 2. The third-order valence-electron chi connectivity index (χ3n) is 5.91. The van der Waals surface area contributed by atoms with Crippen LogP contribution in [0.1, 0.15) is 41.6 Å². The fourth-order valence-corrected chi connectivity index (χ4v) is 3.66. The molecule has 0 radical (unpaired) electrons. The van der Waals surface area contributed by atoms with Gasteiger partial charge in [0.2, 0.25) is 5.75 Å². The zero-order chi connectivity index (χ0) is 24.8. The van der Waals surface area contributed by atoms with Gasteiger partial charge in [-0.25, -0.2) is 9.37 Å². The molecule has 34 heavy (non-hydrogen) atoms. The number of nitrogens with zero attached hydrogens (tertiary/aromatic N) is 3. The van der Waals surface area contributed by atoms with Gasteiger partial charge in [0, 0.05) is 39.6 Å². The zero-order valence-corrected chi connectivity index (χ0v) is 19.1. The summed E-state index contributed by atoms with van der Waals surface area (Å²) in [4.78, 5) is 54.8. The number of hydrogen-bond donors (Lipinski definition) is 3. The lowest BCUT2D eigenvalue weighted by molar-refractivity contribution is -0.144. The molecule has 3 rings (SSSR count). The van der Waals surface area contributed by atoms with E-state index in [0.29, 0.717) is 37.2 Å². The van der Waals surface area contributed by atoms with E-state index in [4.69, 9.17) is 0 Å². The number of amides is 3. The minimum Gasteiger partial charge on any atom is -0.501 e. The Balaban J connectivity index is 1.65. The Kier molecular flexibility index (Phi) is 7.98. The predicted octanol–water partition coefficient (Wildman–Crippen LogP) is 0.565. The first kappa shape index (κ1) is 24.9. The normalized spacial score (nSPS) is 15.1. The Bertz CT molecular complexity index is 1130. The van der Waals surface area contributed by atoms with Gasteiger partial charge >= 0.3 is 11.8 Å². The molecule has 10 nitrogen and oxygen atoms in total. The van der Waals surface area contributed by atoms with Gasteiger partial charge in [-0.1, -0.05) is 12.1 Å². The van der Waals surface area contributed by atoms with Gasteiger partial charge in [0.1, 0.15) is 11.6 Å². The van der Waals surface area contributed by atoms with Crippen molar-refractivity contribution < 1.29 is 23.9 Å². The first-order chi connectivity index (χ1) is 16.2. The third kappa shape index (κ3) is 5.77. The molecule has 0 aliphatic carbocycles. The molecule has 1 aliphatic rings. The molecular formula is C23H28FN5O5. The van der Waals surface area contributed by atoms with Crippen LogP contribution in [-0.2, 0) is 29.1 Å². The molecule has 2 heterocycles. The second-order valence-electron chi connectivity index (χ2n) is 8.21. The van der Waals surface area contributed by atoms with E-state index >= 15 is 0 Å². The average Bonchev–Trinajstić information content (AvgIpc) is 3.05. The van der Waals surface area contributed by atoms with E-state index in [0.717, 1.165) is 0 Å². The van der Waals surface area contributed by atoms with Crippen molar-refractivity contribution in [2.75, 3.05) is 20.1 Å². The monoisotopic (exact) mass is 473 g/mol. The number of carbonyl (C=O) groups is 3. The summed E-state index contributed by atoms with van der Waals surface area (Å²) in [5, 5.41) is 15.5. The molecule has 182 valence electrons. The molecule has 3 amide bonds. The fourth-order valence-electron chi connectivity index (χ4n) is 3.66. The van der Waals surface area contributed by atoms with Gasteiger partial charge in [0.15, 0.2) is 5.69 Å². The Morgan fingerprint density at radius 1 is 1.21 bits per heavy atom. The number of aryl methyl sites for hydroxylation is 1. The first-order valence-electron chi connectivity index (χ1n) is 11.1. The molecule has 0 saturated carbocycles. The topological polar surface area (TPSA) is 134 Å². The number of aromatic nitrogens is 2. The van der Waals surface area contributed by atoms with Crippen LogP contribution in [-0.4, -0.2) is 57.4 Å². The van der Waals surface area contributed by atoms with Gasteiger partial charge in [-0.2, -0.15) is 0 Å². The molecule has 0 bridgehead atoms. The van der Waals surface area contributed by atoms with Crippen LogP contribution in [0.5, 0.6) is 5.75 Å². The zero-order valence-electron chi connectivity index (χ0n) is 19.1. The molecule has 1 unspecified atom stereocenters. The molecule has 0 fully saturated rings. The van der Waals surface area contributed by atoms with Crippen LogP contribution in [0, 0.1) is 11.7 Å². The van der Waals surface area contributed by atoms with Crippen LogP contribution in [0.2, 0.25) is 0 Å². The summed E-state index contributed by atoms with van der Waals surface area (Å²) in [7, 11) is 1.54. The third-order valence-corrected chi connectivity index (χ3v) is 5.91. The van der Waals surface area contributed by atoms with Crippen LogP contribution >= 0.6 is 0 Å². The summed E-state index contributed by atoms with van der Waals surface area (Å²) in [5.74, 6) is -2.79. The van der Waals surface area contributed by atoms with Crippen molar-refractivity contribution in [3.8, 4) is 5.75 Å². The highest BCUT2D eigenvalue weighted by Gasteiger charge is 2.25. The standard InChI is InChI=1S/C23H28FN5O5/c1-3-28(2)23(34)21(32)26-13-15-6-9-17-27-18(19(30)22(33)29(17)11-10-15)20(31)25-12-14-4-7-16(24)8-5-14/h4-5,7-8,15,30H,3,6,9-13H2,1-2H3,(H,25,31)(H,26,32). The van der Waals surface area contributed by atoms with Crippen molar-refractivity contribution >= 4 is 17.7 Å². The maximum atomic E-state index is 13.0. The molecule has 3 N–H and O–H groups in total. The van der Waals surface area contributed by atoms with Gasteiger partial charge < -0.3 is 20.6 Å². The number of fused-ring (bicyclic) bond motifs is 1. The fraction of sp³-hybridized carbons (Fsp3) is 0.435. The van der Waals surface area contributed by atoms with Crippen LogP contribution in [0.15, 0.2) is 29.1 Å². The molecule has 1 atom stereocenters. The van der Waals surface area contributed by atoms with Gasteiger partial charge in [-0.15, -0.1) is 0 Å². The molecule has 0 saturated heterocycles. The Morgan fingerprint density at radius 2 is 1.91 bits per heavy atom. The lowest BCUT2D eigenvalue weighted by Gasteiger charge is -2.17. The number of benzene rings is 1. The quantitative estimate of drug-likeness (QED) is 0.525. The van der Waals surface area contributed by atoms with Gasteiger partial charge in [-0.05, 0) is 43.4 Å². The average molecular weight is 474 g/mol. The minimum absolute atomic E-state index is 0.0114. The summed E-state index contributed by atoms with van der Waals surface area (Å²) >= 11 is 0. The second kappa shape index (κ2) is 10.9. The highest BCUT2D eigenvalue weighted by molar-refractivity contribution is 6.34. The van der Waals surface area contributed by atoms with Crippen LogP contribution < -0.4 is 16.2 Å². The van der Waals surface area contributed by atoms with Crippen molar-refractivity contribution in [3.05, 3.63) is 57.5 Å². The Labute approximate surface area is 195 Å². The number of rotatable bonds is 6. The van der Waals surface area contributed by atoms with Crippen LogP contribution in [0.4, 0.5) is 4.39 Å². The van der Waals surface area contributed by atoms with Crippen molar-refractivity contribution in [1.82, 2.24) is 25.1 Å². The number of likely N-dealkylation sites (N-methyl/N-ethyl adjacent to an activating group) is 1. The minimum atomic E-state index is -0.736. The van der Waals surface area contributed by atoms with Crippen molar-refractivity contribution in [3.63, 3.8) is 0 Å². The summed E-state index contributed by atoms with van der Waals surface area (Å²) in [6, 6.07) is 5.56. The Morgan fingerprint density at radius 3 is 2.59 bits per heavy atom. The van der Waals surface area contributed by atoms with Crippen LogP contribution in [0.25, 0.3) is 0 Å². The number of halogens is 1. The Hall–Kier alpha value is -3.76. The maximum absolute atomic E-state index is 13.0. The number of aromatic hydroxyl groups is 1. The second-order valence-corrected chi connectivity index (χ2v) is 8.21. The molecular weight excluding hydrogens is 445 g/mol. The molecule has 2 aromatic rings. The largest absolute Gasteiger partial charge is 0.501 e. The summed E-state index contributed by atoms with van der Waals surface area (Å²) in [6.45, 7) is 2.79. The van der Waals surface area contributed by atoms with Gasteiger partial charge in [0.05, 0.1) is 0 Å². The van der Waals surface area contributed by atoms with E-state index in [1.807, 2.05) is 0 Å². The molecule has 1 aliphatic heterocycles. The maximum Gasteiger partial charge on any atom is 0.311 e. The van der Waals surface area contributed by atoms with E-state index in [1.165, 1.54) is 33.7 Å². The van der Waals surface area contributed by atoms with Crippen molar-refractivity contribution in [1.29, 1.82) is 0 Å². The first-order valence-corrected chi connectivity index (χ1v) is 11.1. The smallest absolute Gasteiger partial charge is 0.311 e. The summed E-state index contributed by atoms with van der Waals surface area (Å²) in [6.07, 6.45) is 1.46. The van der Waals surface area contributed by atoms with E-state index in [9.17, 15) is 28.7 Å². The summed E-state index contributed by atoms with van der Waals surface area (Å²) < 4.78 is 14.4. The molecule has 0 spiro atoms. The van der Waals surface area contributed by atoms with E-state index in [2.05, 4.69) is 15.6 Å². The van der Waals surface area contributed by atoms with Gasteiger partial charge in [0.25, 0.3) is 11.5 Å². The highest BCUT2D eigenvalue weighted by atomic mass is 19.1. The summed E-state index contributed by atoms with van der Waals surface area (Å²) in [5.41, 5.74) is -0.422. The highest BCUT2D eigenvalue weighted by Crippen LogP contribution is 2.20. The van der Waals surface area contributed by atoms with E-state index in [1.54, 1.807) is 14.0 Å². The van der Waals surface area contributed by atoms with E-state index in [-0.39, 0.29) is 31.2 Å². The lowest BCUT2D eigenvalue weighted by atomic mass is 10.0.